The highest BCUT2D eigenvalue weighted by molar-refractivity contribution is 5.62. The van der Waals surface area contributed by atoms with E-state index in [1.54, 1.807) is 0 Å². The van der Waals surface area contributed by atoms with E-state index in [9.17, 15) is 0 Å². The Labute approximate surface area is 56.1 Å². The Morgan fingerprint density at radius 1 is 1.33 bits per heavy atom. The van der Waals surface area contributed by atoms with Crippen molar-refractivity contribution in [2.24, 2.45) is 0 Å². The number of hydrogen-bond donors (Lipinski definition) is 2. The van der Waals surface area contributed by atoms with E-state index >= 15 is 0 Å². The molecule has 58 valence electrons. The quantitative estimate of drug-likeness (QED) is 0.506. The van der Waals surface area contributed by atoms with Crippen molar-refractivity contribution in [1.29, 1.82) is 0 Å². The van der Waals surface area contributed by atoms with Gasteiger partial charge in [-0.1, -0.05) is 0 Å². The van der Waals surface area contributed by atoms with Gasteiger partial charge in [0, 0.05) is 6.92 Å². The minimum atomic E-state index is -0.833. The lowest BCUT2D eigenvalue weighted by molar-refractivity contribution is -0.134. The standard InChI is InChI=1S/C3H9N.C2H4O2.H3N/c1-4(2)3;1-2(3)4;/h1-3H3;1H3,(H,3,4);1H3. The Balaban J connectivity index is -0.0000000720. The number of aliphatic carboxylic acids is 1. The molecule has 0 amide bonds. The van der Waals surface area contributed by atoms with E-state index in [0.717, 1.165) is 6.92 Å². The van der Waals surface area contributed by atoms with E-state index in [1.807, 2.05) is 26.0 Å². The maximum Gasteiger partial charge on any atom is 0.300 e. The van der Waals surface area contributed by atoms with E-state index in [2.05, 4.69) is 0 Å². The highest BCUT2D eigenvalue weighted by atomic mass is 16.4. The van der Waals surface area contributed by atoms with Crippen LogP contribution in [0.25, 0.3) is 0 Å². The number of carboxylic acid groups (broad SMARTS) is 1. The van der Waals surface area contributed by atoms with Gasteiger partial charge < -0.3 is 16.2 Å². The van der Waals surface area contributed by atoms with E-state index in [-0.39, 0.29) is 6.15 Å². The van der Waals surface area contributed by atoms with Crippen molar-refractivity contribution in [3.63, 3.8) is 0 Å². The van der Waals surface area contributed by atoms with Crippen LogP contribution in [0, 0.1) is 0 Å². The Hall–Kier alpha value is -0.610. The van der Waals surface area contributed by atoms with Crippen LogP contribution >= 0.6 is 0 Å². The zero-order valence-electron chi connectivity index (χ0n) is 6.51. The van der Waals surface area contributed by atoms with Crippen LogP contribution in [0.2, 0.25) is 0 Å². The molecule has 4 heteroatoms. The molecule has 0 aromatic rings. The number of nitrogens with zero attached hydrogens (tertiary/aromatic N) is 1. The second-order valence-corrected chi connectivity index (χ2v) is 1.86. The molecule has 0 saturated carbocycles. The molecule has 0 aromatic carbocycles. The molecular formula is C5H16N2O2. The molecule has 0 aliphatic carbocycles. The van der Waals surface area contributed by atoms with Crippen LogP contribution in [-0.2, 0) is 4.79 Å². The monoisotopic (exact) mass is 136 g/mol. The molecule has 0 unspecified atom stereocenters. The van der Waals surface area contributed by atoms with Crippen LogP contribution < -0.4 is 6.15 Å². The molecular weight excluding hydrogens is 120 g/mol. The summed E-state index contributed by atoms with van der Waals surface area (Å²) in [4.78, 5) is 11.0. The second kappa shape index (κ2) is 10.4. The van der Waals surface area contributed by atoms with E-state index in [4.69, 9.17) is 9.90 Å². The summed E-state index contributed by atoms with van der Waals surface area (Å²) >= 11 is 0. The molecule has 0 aliphatic heterocycles. The van der Waals surface area contributed by atoms with Gasteiger partial charge in [0.1, 0.15) is 0 Å². The van der Waals surface area contributed by atoms with Crippen LogP contribution in [0.15, 0.2) is 0 Å². The second-order valence-electron chi connectivity index (χ2n) is 1.86. The van der Waals surface area contributed by atoms with E-state index < -0.39 is 5.97 Å². The predicted molar refractivity (Wildman–Crippen MR) is 37.9 cm³/mol. The van der Waals surface area contributed by atoms with Gasteiger partial charge in [-0.3, -0.25) is 4.79 Å². The molecule has 0 heterocycles. The van der Waals surface area contributed by atoms with Crippen LogP contribution in [0.5, 0.6) is 0 Å². The first-order valence-corrected chi connectivity index (χ1v) is 2.27. The molecule has 4 N–H and O–H groups in total. The Morgan fingerprint density at radius 3 is 1.33 bits per heavy atom. The summed E-state index contributed by atoms with van der Waals surface area (Å²) in [7, 11) is 6.00. The van der Waals surface area contributed by atoms with Crippen LogP contribution in [0.1, 0.15) is 6.92 Å². The average molecular weight is 136 g/mol. The summed E-state index contributed by atoms with van der Waals surface area (Å²) in [5.41, 5.74) is 0. The zero-order chi connectivity index (χ0) is 7.15. The molecule has 0 aromatic heterocycles. The van der Waals surface area contributed by atoms with E-state index in [1.165, 1.54) is 0 Å². The molecule has 0 radical (unpaired) electrons. The fourth-order valence-electron chi connectivity index (χ4n) is 0. The van der Waals surface area contributed by atoms with Gasteiger partial charge >= 0.3 is 0 Å². The minimum absolute atomic E-state index is 0. The van der Waals surface area contributed by atoms with Gasteiger partial charge in [0.2, 0.25) is 0 Å². The third-order valence-electron chi connectivity index (χ3n) is 0. The van der Waals surface area contributed by atoms with Gasteiger partial charge in [0.15, 0.2) is 0 Å². The fourth-order valence-corrected chi connectivity index (χ4v) is 0. The first kappa shape index (κ1) is 15.8. The predicted octanol–water partition coefficient (Wildman–Crippen LogP) is 0.431. The molecule has 0 bridgehead atoms. The first-order valence-electron chi connectivity index (χ1n) is 2.27. The molecule has 0 saturated heterocycles. The number of carbonyl (C=O) groups is 1. The van der Waals surface area contributed by atoms with E-state index in [0.29, 0.717) is 0 Å². The number of rotatable bonds is 0. The van der Waals surface area contributed by atoms with Crippen molar-refractivity contribution in [3.05, 3.63) is 0 Å². The van der Waals surface area contributed by atoms with Crippen molar-refractivity contribution in [2.75, 3.05) is 21.1 Å². The molecule has 0 atom stereocenters. The zero-order valence-corrected chi connectivity index (χ0v) is 6.51. The summed E-state index contributed by atoms with van der Waals surface area (Å²) < 4.78 is 0. The highest BCUT2D eigenvalue weighted by Gasteiger charge is 1.65. The van der Waals surface area contributed by atoms with Crippen molar-refractivity contribution in [3.8, 4) is 0 Å². The minimum Gasteiger partial charge on any atom is -0.481 e. The van der Waals surface area contributed by atoms with Crippen molar-refractivity contribution >= 4 is 5.97 Å². The van der Waals surface area contributed by atoms with Gasteiger partial charge in [0.25, 0.3) is 5.97 Å². The van der Waals surface area contributed by atoms with Gasteiger partial charge in [0.05, 0.1) is 0 Å². The lowest BCUT2D eigenvalue weighted by atomic mass is 10.9. The van der Waals surface area contributed by atoms with Gasteiger partial charge in [-0.15, -0.1) is 0 Å². The molecule has 9 heavy (non-hydrogen) atoms. The van der Waals surface area contributed by atoms with Crippen LogP contribution in [0.3, 0.4) is 0 Å². The molecule has 0 rings (SSSR count). The molecule has 0 aliphatic rings. The Bertz CT molecular complexity index is 57.2. The normalized spacial score (nSPS) is 6.78. The molecule has 4 nitrogen and oxygen atoms in total. The van der Waals surface area contributed by atoms with Crippen molar-refractivity contribution in [2.45, 2.75) is 6.92 Å². The smallest absolute Gasteiger partial charge is 0.300 e. The topological polar surface area (TPSA) is 75.5 Å². The van der Waals surface area contributed by atoms with Crippen LogP contribution in [0.4, 0.5) is 0 Å². The largest absolute Gasteiger partial charge is 0.481 e. The third kappa shape index (κ3) is 577. The SMILES string of the molecule is CC(=O)O.CN(C)C.N. The molecule has 0 fully saturated rings. The maximum absolute atomic E-state index is 9.00. The third-order valence-corrected chi connectivity index (χ3v) is 0. The van der Waals surface area contributed by atoms with Gasteiger partial charge in [-0.05, 0) is 21.1 Å². The summed E-state index contributed by atoms with van der Waals surface area (Å²) in [6.45, 7) is 1.08. The van der Waals surface area contributed by atoms with Crippen LogP contribution in [-0.4, -0.2) is 37.1 Å². The summed E-state index contributed by atoms with van der Waals surface area (Å²) in [5, 5.41) is 7.42. The van der Waals surface area contributed by atoms with Gasteiger partial charge in [-0.25, -0.2) is 0 Å². The lowest BCUT2D eigenvalue weighted by Gasteiger charge is -1.90. The summed E-state index contributed by atoms with van der Waals surface area (Å²) in [5.74, 6) is -0.833. The van der Waals surface area contributed by atoms with Crippen molar-refractivity contribution < 1.29 is 9.90 Å². The fraction of sp³-hybridized carbons (Fsp3) is 0.800. The Morgan fingerprint density at radius 2 is 1.33 bits per heavy atom. The van der Waals surface area contributed by atoms with Gasteiger partial charge in [-0.2, -0.15) is 0 Å². The lowest BCUT2D eigenvalue weighted by Crippen LogP contribution is -1.99. The summed E-state index contributed by atoms with van der Waals surface area (Å²) in [6, 6.07) is 0. The van der Waals surface area contributed by atoms with Crippen molar-refractivity contribution in [1.82, 2.24) is 11.1 Å². The Kier molecular flexibility index (Phi) is 18.2. The first-order chi connectivity index (χ1) is 3.46. The average Bonchev–Trinajstić information content (AvgIpc) is 1.25. The molecule has 0 spiro atoms. The number of carboxylic acids is 1. The number of hydrogen-bond acceptors (Lipinski definition) is 3. The summed E-state index contributed by atoms with van der Waals surface area (Å²) in [6.07, 6.45) is 0. The highest BCUT2D eigenvalue weighted by Crippen LogP contribution is 1.47. The maximum atomic E-state index is 9.00.